The molecule has 3 aromatic rings. The zero-order chi connectivity index (χ0) is 22.9. The van der Waals surface area contributed by atoms with E-state index in [-0.39, 0.29) is 5.92 Å². The second-order valence-corrected chi connectivity index (χ2v) is 11.9. The van der Waals surface area contributed by atoms with E-state index in [2.05, 4.69) is 79.3 Å². The molecule has 0 unspecified atom stereocenters. The normalized spacial score (nSPS) is 22.7. The molecule has 0 fully saturated rings. The molecule has 170 valence electrons. The molecule has 3 heterocycles. The van der Waals surface area contributed by atoms with E-state index in [1.165, 1.54) is 33.6 Å². The van der Waals surface area contributed by atoms with Gasteiger partial charge in [0.25, 0.3) is 7.37 Å². The Bertz CT molecular complexity index is 1260. The van der Waals surface area contributed by atoms with Crippen molar-refractivity contribution in [1.29, 1.82) is 0 Å². The Morgan fingerprint density at radius 1 is 0.848 bits per heavy atom. The molecule has 3 aliphatic rings. The van der Waals surface area contributed by atoms with Gasteiger partial charge in [-0.25, -0.2) is 0 Å². The second kappa shape index (κ2) is 7.48. The molecule has 3 aromatic carbocycles. The minimum atomic E-state index is -3.25. The Morgan fingerprint density at radius 3 is 1.91 bits per heavy atom. The summed E-state index contributed by atoms with van der Waals surface area (Å²) in [4.78, 5) is 4.57. The number of nitrogens with zero attached hydrogens (tertiary/aromatic N) is 2. The lowest BCUT2D eigenvalue weighted by Crippen LogP contribution is -2.36. The predicted octanol–water partition coefficient (Wildman–Crippen LogP) is 4.74. The van der Waals surface area contributed by atoms with Crippen LogP contribution in [0.3, 0.4) is 0 Å². The average Bonchev–Trinajstić information content (AvgIpc) is 3.37. The maximum atomic E-state index is 15.2. The van der Waals surface area contributed by atoms with E-state index >= 15 is 4.57 Å². The first kappa shape index (κ1) is 21.0. The van der Waals surface area contributed by atoms with Gasteiger partial charge in [0.15, 0.2) is 0 Å². The average molecular weight is 459 g/mol. The largest absolute Gasteiger partial charge is 0.374 e. The smallest absolute Gasteiger partial charge is 0.262 e. The van der Waals surface area contributed by atoms with E-state index in [0.717, 1.165) is 47.7 Å². The van der Waals surface area contributed by atoms with Crippen molar-refractivity contribution in [3.05, 3.63) is 81.9 Å². The molecule has 0 aromatic heterocycles. The fourth-order valence-electron chi connectivity index (χ4n) is 6.29. The van der Waals surface area contributed by atoms with Gasteiger partial charge in [-0.2, -0.15) is 0 Å². The van der Waals surface area contributed by atoms with Crippen molar-refractivity contribution < 1.29 is 9.09 Å². The van der Waals surface area contributed by atoms with Gasteiger partial charge in [0.05, 0.1) is 17.2 Å². The summed E-state index contributed by atoms with van der Waals surface area (Å²) in [6, 6.07) is 17.6. The van der Waals surface area contributed by atoms with Crippen molar-refractivity contribution in [1.82, 2.24) is 0 Å². The minimum Gasteiger partial charge on any atom is -0.374 e. The molecule has 0 radical (unpaired) electrons. The standard InChI is InChI=1S/C28H31N2O2P/c1-5-32-33(31)27-20-14-16-29(3)24(20)12-10-22(27)26(19-9-7-6-8-18(19)2)23-11-13-25-21(28(23)33)15-17-30(25)4/h6-13,26H,5,14-17H2,1-4H3. The van der Waals surface area contributed by atoms with Crippen molar-refractivity contribution in [2.45, 2.75) is 32.6 Å². The van der Waals surface area contributed by atoms with Gasteiger partial charge in [0.2, 0.25) is 0 Å². The van der Waals surface area contributed by atoms with Gasteiger partial charge in [0, 0.05) is 44.5 Å². The third kappa shape index (κ3) is 2.84. The third-order valence-electron chi connectivity index (χ3n) is 7.82. The molecule has 0 amide bonds. The molecule has 0 aliphatic carbocycles. The van der Waals surface area contributed by atoms with Crippen molar-refractivity contribution in [2.75, 3.05) is 43.6 Å². The highest BCUT2D eigenvalue weighted by Gasteiger charge is 2.47. The summed E-state index contributed by atoms with van der Waals surface area (Å²) in [6.45, 7) is 6.50. The number of fused-ring (bicyclic) bond motifs is 6. The monoisotopic (exact) mass is 458 g/mol. The van der Waals surface area contributed by atoms with Crippen LogP contribution in [0.4, 0.5) is 11.4 Å². The van der Waals surface area contributed by atoms with Crippen LogP contribution in [-0.2, 0) is 21.9 Å². The number of anilines is 2. The molecule has 4 nitrogen and oxygen atoms in total. The Morgan fingerprint density at radius 2 is 1.39 bits per heavy atom. The molecule has 6 rings (SSSR count). The van der Waals surface area contributed by atoms with E-state index in [4.69, 9.17) is 4.52 Å². The van der Waals surface area contributed by atoms with Crippen molar-refractivity contribution in [3.63, 3.8) is 0 Å². The van der Waals surface area contributed by atoms with Gasteiger partial charge in [-0.1, -0.05) is 36.4 Å². The van der Waals surface area contributed by atoms with Gasteiger partial charge in [-0.05, 0) is 72.2 Å². The van der Waals surface area contributed by atoms with Crippen molar-refractivity contribution >= 4 is 29.4 Å². The molecule has 0 bridgehead atoms. The summed E-state index contributed by atoms with van der Waals surface area (Å²) in [5, 5.41) is 1.96. The molecule has 0 N–H and O–H groups in total. The summed E-state index contributed by atoms with van der Waals surface area (Å²) in [6.07, 6.45) is 1.83. The zero-order valence-electron chi connectivity index (χ0n) is 19.9. The predicted molar refractivity (Wildman–Crippen MR) is 137 cm³/mol. The van der Waals surface area contributed by atoms with Crippen LogP contribution >= 0.6 is 7.37 Å². The second-order valence-electron chi connectivity index (χ2n) is 9.60. The molecule has 0 atom stereocenters. The SMILES string of the molecule is CCOP1(=O)c2c(ccc3c2CCN3C)C(c2ccccc2C)c2ccc3c(c21)CCN3C. The van der Waals surface area contributed by atoms with Crippen LogP contribution in [0.1, 0.15) is 46.2 Å². The van der Waals surface area contributed by atoms with Crippen LogP contribution in [0, 0.1) is 6.92 Å². The Labute approximate surface area is 196 Å². The fourth-order valence-corrected chi connectivity index (χ4v) is 9.39. The number of hydrogen-bond acceptors (Lipinski definition) is 4. The molecular weight excluding hydrogens is 427 g/mol. The van der Waals surface area contributed by atoms with E-state index in [0.29, 0.717) is 6.61 Å². The molecule has 0 saturated carbocycles. The highest BCUT2D eigenvalue weighted by molar-refractivity contribution is 7.75. The van der Waals surface area contributed by atoms with E-state index in [1.54, 1.807) is 0 Å². The van der Waals surface area contributed by atoms with Gasteiger partial charge in [-0.3, -0.25) is 4.57 Å². The van der Waals surface area contributed by atoms with Gasteiger partial charge in [0.1, 0.15) is 0 Å². The lowest BCUT2D eigenvalue weighted by Gasteiger charge is -2.37. The van der Waals surface area contributed by atoms with Crippen LogP contribution in [0.25, 0.3) is 0 Å². The topological polar surface area (TPSA) is 32.8 Å². The van der Waals surface area contributed by atoms with Crippen LogP contribution in [0.2, 0.25) is 0 Å². The number of likely N-dealkylation sites (N-methyl/N-ethyl adjacent to an activating group) is 2. The van der Waals surface area contributed by atoms with Crippen molar-refractivity contribution in [3.8, 4) is 0 Å². The quantitative estimate of drug-likeness (QED) is 0.531. The summed E-state index contributed by atoms with van der Waals surface area (Å²) >= 11 is 0. The Hall–Kier alpha value is -2.55. The Kier molecular flexibility index (Phi) is 4.76. The number of rotatable bonds is 3. The summed E-state index contributed by atoms with van der Waals surface area (Å²) in [7, 11) is 1.01. The summed E-state index contributed by atoms with van der Waals surface area (Å²) < 4.78 is 21.6. The Balaban J connectivity index is 1.75. The maximum Gasteiger partial charge on any atom is 0.262 e. The highest BCUT2D eigenvalue weighted by atomic mass is 31.2. The van der Waals surface area contributed by atoms with Gasteiger partial charge in [-0.15, -0.1) is 0 Å². The summed E-state index contributed by atoms with van der Waals surface area (Å²) in [5.41, 5.74) is 9.72. The van der Waals surface area contributed by atoms with Gasteiger partial charge >= 0.3 is 0 Å². The van der Waals surface area contributed by atoms with Crippen molar-refractivity contribution in [2.24, 2.45) is 0 Å². The van der Waals surface area contributed by atoms with E-state index in [1.807, 2.05) is 6.92 Å². The lowest BCUT2D eigenvalue weighted by atomic mass is 9.81. The number of hydrogen-bond donors (Lipinski definition) is 0. The minimum absolute atomic E-state index is 0.0612. The lowest BCUT2D eigenvalue weighted by molar-refractivity contribution is 0.347. The van der Waals surface area contributed by atoms with E-state index in [9.17, 15) is 0 Å². The number of aryl methyl sites for hydroxylation is 1. The molecule has 33 heavy (non-hydrogen) atoms. The fraction of sp³-hybridized carbons (Fsp3) is 0.357. The first-order chi connectivity index (χ1) is 16.0. The molecule has 3 aliphatic heterocycles. The van der Waals surface area contributed by atoms with Crippen LogP contribution < -0.4 is 20.4 Å². The molecule has 0 spiro atoms. The van der Waals surface area contributed by atoms with Crippen LogP contribution in [0.15, 0.2) is 48.5 Å². The zero-order valence-corrected chi connectivity index (χ0v) is 20.8. The number of benzene rings is 3. The van der Waals surface area contributed by atoms with Crippen LogP contribution in [0.5, 0.6) is 0 Å². The first-order valence-electron chi connectivity index (χ1n) is 12.0. The maximum absolute atomic E-state index is 15.2. The summed E-state index contributed by atoms with van der Waals surface area (Å²) in [5.74, 6) is 0.0612. The third-order valence-corrected chi connectivity index (χ3v) is 10.7. The van der Waals surface area contributed by atoms with E-state index < -0.39 is 7.37 Å². The molecule has 0 saturated heterocycles. The first-order valence-corrected chi connectivity index (χ1v) is 13.6. The van der Waals surface area contributed by atoms with Crippen LogP contribution in [-0.4, -0.2) is 33.8 Å². The van der Waals surface area contributed by atoms with Gasteiger partial charge < -0.3 is 14.3 Å². The molecule has 5 heteroatoms. The highest BCUT2D eigenvalue weighted by Crippen LogP contribution is 2.58. The molecular formula is C28H31N2O2P.